The Hall–Kier alpha value is -3.68. The van der Waals surface area contributed by atoms with Gasteiger partial charge in [-0.2, -0.15) is 0 Å². The number of fused-ring (bicyclic) bond motifs is 1. The maximum absolute atomic E-state index is 12.2. The first-order chi connectivity index (χ1) is 12.0. The minimum Gasteiger partial charge on any atom is -0.453 e. The van der Waals surface area contributed by atoms with Crippen LogP contribution >= 0.6 is 0 Å². The van der Waals surface area contributed by atoms with Crippen LogP contribution in [0.2, 0.25) is 0 Å². The number of methoxy groups -OCH3 is 1. The first kappa shape index (κ1) is 16.2. The predicted octanol–water partition coefficient (Wildman–Crippen LogP) is 2.23. The molecule has 1 aliphatic heterocycles. The molecule has 0 saturated heterocycles. The van der Waals surface area contributed by atoms with Crippen LogP contribution < -0.4 is 5.32 Å². The SMILES string of the molecule is COC(=O)Nc1ccc(C(=O)ON2C(=O)c3ccccc3C2=O)cc1. The molecular formula is C17H12N2O6. The molecule has 1 heterocycles. The molecule has 2 aromatic carbocycles. The van der Waals surface area contributed by atoms with Crippen LogP contribution in [0, 0.1) is 0 Å². The summed E-state index contributed by atoms with van der Waals surface area (Å²) in [6, 6.07) is 11.9. The van der Waals surface area contributed by atoms with E-state index in [1.807, 2.05) is 0 Å². The van der Waals surface area contributed by atoms with E-state index in [-0.39, 0.29) is 16.7 Å². The molecule has 3 rings (SSSR count). The second-order valence-electron chi connectivity index (χ2n) is 5.02. The van der Waals surface area contributed by atoms with Crippen LogP contribution in [0.1, 0.15) is 31.1 Å². The molecule has 8 heteroatoms. The van der Waals surface area contributed by atoms with E-state index in [0.29, 0.717) is 10.8 Å². The lowest BCUT2D eigenvalue weighted by atomic mass is 10.1. The molecule has 0 atom stereocenters. The lowest BCUT2D eigenvalue weighted by Gasteiger charge is -2.12. The molecule has 126 valence electrons. The summed E-state index contributed by atoms with van der Waals surface area (Å²) in [6.45, 7) is 0. The molecule has 8 nitrogen and oxygen atoms in total. The number of ether oxygens (including phenoxy) is 1. The third kappa shape index (κ3) is 3.05. The van der Waals surface area contributed by atoms with Crippen molar-refractivity contribution in [1.82, 2.24) is 5.06 Å². The number of carbonyl (C=O) groups excluding carboxylic acids is 4. The van der Waals surface area contributed by atoms with Gasteiger partial charge in [0, 0.05) is 5.69 Å². The Morgan fingerprint density at radius 3 is 2.00 bits per heavy atom. The van der Waals surface area contributed by atoms with Crippen molar-refractivity contribution in [2.24, 2.45) is 0 Å². The van der Waals surface area contributed by atoms with Crippen LogP contribution in [-0.2, 0) is 9.57 Å². The van der Waals surface area contributed by atoms with E-state index in [9.17, 15) is 19.2 Å². The van der Waals surface area contributed by atoms with Crippen LogP contribution in [0.15, 0.2) is 48.5 Å². The molecule has 0 spiro atoms. The van der Waals surface area contributed by atoms with Crippen LogP contribution in [0.4, 0.5) is 10.5 Å². The van der Waals surface area contributed by atoms with E-state index in [2.05, 4.69) is 10.1 Å². The number of hydrogen-bond donors (Lipinski definition) is 1. The molecule has 1 aliphatic rings. The number of carbonyl (C=O) groups is 4. The number of amides is 3. The van der Waals surface area contributed by atoms with Gasteiger partial charge in [0.1, 0.15) is 0 Å². The van der Waals surface area contributed by atoms with E-state index >= 15 is 0 Å². The number of rotatable bonds is 3. The number of hydroxylamine groups is 2. The average molecular weight is 340 g/mol. The molecule has 0 unspecified atom stereocenters. The highest BCUT2D eigenvalue weighted by atomic mass is 16.7. The molecule has 2 aromatic rings. The summed E-state index contributed by atoms with van der Waals surface area (Å²) < 4.78 is 4.45. The Balaban J connectivity index is 1.72. The summed E-state index contributed by atoms with van der Waals surface area (Å²) in [6.07, 6.45) is -0.652. The lowest BCUT2D eigenvalue weighted by Crippen LogP contribution is -2.32. The second-order valence-corrected chi connectivity index (χ2v) is 5.02. The highest BCUT2D eigenvalue weighted by Gasteiger charge is 2.38. The molecule has 0 bridgehead atoms. The Morgan fingerprint density at radius 1 is 0.920 bits per heavy atom. The fourth-order valence-electron chi connectivity index (χ4n) is 2.24. The van der Waals surface area contributed by atoms with Crippen molar-refractivity contribution in [3.8, 4) is 0 Å². The minimum atomic E-state index is -0.876. The fourth-order valence-corrected chi connectivity index (χ4v) is 2.24. The van der Waals surface area contributed by atoms with Crippen molar-refractivity contribution < 1.29 is 28.8 Å². The standard InChI is InChI=1S/C17H12N2O6/c1-24-17(23)18-11-8-6-10(7-9-11)16(22)25-19-14(20)12-4-2-3-5-13(12)15(19)21/h2-9H,1H3,(H,18,23). The molecule has 1 N–H and O–H groups in total. The number of benzene rings is 2. The zero-order chi connectivity index (χ0) is 18.0. The van der Waals surface area contributed by atoms with Gasteiger partial charge in [-0.15, -0.1) is 0 Å². The van der Waals surface area contributed by atoms with E-state index in [4.69, 9.17) is 4.84 Å². The molecule has 0 saturated carbocycles. The first-order valence-electron chi connectivity index (χ1n) is 7.16. The van der Waals surface area contributed by atoms with Crippen LogP contribution in [0.3, 0.4) is 0 Å². The van der Waals surface area contributed by atoms with Gasteiger partial charge < -0.3 is 9.57 Å². The summed E-state index contributed by atoms with van der Waals surface area (Å²) in [5.41, 5.74) is 0.868. The molecule has 3 amide bonds. The maximum atomic E-state index is 12.2. The molecule has 0 fully saturated rings. The van der Waals surface area contributed by atoms with Gasteiger partial charge in [0.2, 0.25) is 0 Å². The molecule has 0 aliphatic carbocycles. The lowest BCUT2D eigenvalue weighted by molar-refractivity contribution is -0.0584. The van der Waals surface area contributed by atoms with Gasteiger partial charge in [0.15, 0.2) is 0 Å². The van der Waals surface area contributed by atoms with Crippen molar-refractivity contribution >= 4 is 29.6 Å². The number of anilines is 1. The Bertz CT molecular complexity index is 840. The smallest absolute Gasteiger partial charge is 0.411 e. The molecule has 0 radical (unpaired) electrons. The van der Waals surface area contributed by atoms with Crippen LogP contribution in [-0.4, -0.2) is 36.0 Å². The normalized spacial score (nSPS) is 12.6. The van der Waals surface area contributed by atoms with E-state index in [1.165, 1.54) is 43.5 Å². The summed E-state index contributed by atoms with van der Waals surface area (Å²) in [5.74, 6) is -2.27. The van der Waals surface area contributed by atoms with Gasteiger partial charge in [-0.1, -0.05) is 17.2 Å². The summed E-state index contributed by atoms with van der Waals surface area (Å²) >= 11 is 0. The predicted molar refractivity (Wildman–Crippen MR) is 84.8 cm³/mol. The minimum absolute atomic E-state index is 0.104. The average Bonchev–Trinajstić information content (AvgIpc) is 2.87. The molecule has 0 aromatic heterocycles. The molecular weight excluding hydrogens is 328 g/mol. The molecule has 25 heavy (non-hydrogen) atoms. The van der Waals surface area contributed by atoms with Gasteiger partial charge in [0.05, 0.1) is 23.8 Å². The quantitative estimate of drug-likeness (QED) is 0.860. The van der Waals surface area contributed by atoms with E-state index in [0.717, 1.165) is 0 Å². The van der Waals surface area contributed by atoms with E-state index in [1.54, 1.807) is 12.1 Å². The van der Waals surface area contributed by atoms with Crippen molar-refractivity contribution in [2.75, 3.05) is 12.4 Å². The third-order valence-electron chi connectivity index (χ3n) is 3.48. The number of hydrogen-bond acceptors (Lipinski definition) is 6. The van der Waals surface area contributed by atoms with Gasteiger partial charge in [0.25, 0.3) is 11.8 Å². The monoisotopic (exact) mass is 340 g/mol. The van der Waals surface area contributed by atoms with Crippen LogP contribution in [0.25, 0.3) is 0 Å². The number of imide groups is 1. The number of nitrogens with zero attached hydrogens (tertiary/aromatic N) is 1. The second kappa shape index (κ2) is 6.44. The first-order valence-corrected chi connectivity index (χ1v) is 7.16. The largest absolute Gasteiger partial charge is 0.453 e. The van der Waals surface area contributed by atoms with Crippen molar-refractivity contribution in [3.63, 3.8) is 0 Å². The third-order valence-corrected chi connectivity index (χ3v) is 3.48. The summed E-state index contributed by atoms with van der Waals surface area (Å²) in [7, 11) is 1.23. The van der Waals surface area contributed by atoms with Crippen LogP contribution in [0.5, 0.6) is 0 Å². The number of nitrogens with one attached hydrogen (secondary N) is 1. The maximum Gasteiger partial charge on any atom is 0.411 e. The highest BCUT2D eigenvalue weighted by Crippen LogP contribution is 2.23. The fraction of sp³-hybridized carbons (Fsp3) is 0.0588. The Morgan fingerprint density at radius 2 is 1.48 bits per heavy atom. The van der Waals surface area contributed by atoms with Gasteiger partial charge >= 0.3 is 12.1 Å². The van der Waals surface area contributed by atoms with Gasteiger partial charge in [-0.25, -0.2) is 9.59 Å². The van der Waals surface area contributed by atoms with Gasteiger partial charge in [-0.3, -0.25) is 14.9 Å². The summed E-state index contributed by atoms with van der Waals surface area (Å²) in [5, 5.41) is 2.86. The topological polar surface area (TPSA) is 102 Å². The van der Waals surface area contributed by atoms with E-state index < -0.39 is 23.9 Å². The summed E-state index contributed by atoms with van der Waals surface area (Å²) in [4.78, 5) is 52.5. The zero-order valence-corrected chi connectivity index (χ0v) is 13.0. The highest BCUT2D eigenvalue weighted by molar-refractivity contribution is 6.21. The van der Waals surface area contributed by atoms with Gasteiger partial charge in [-0.05, 0) is 36.4 Å². The Labute approximate surface area is 141 Å². The zero-order valence-electron chi connectivity index (χ0n) is 13.0. The Kier molecular flexibility index (Phi) is 4.17. The van der Waals surface area contributed by atoms with Crippen molar-refractivity contribution in [1.29, 1.82) is 0 Å². The van der Waals surface area contributed by atoms with Crippen molar-refractivity contribution in [3.05, 3.63) is 65.2 Å². The van der Waals surface area contributed by atoms with Crippen molar-refractivity contribution in [2.45, 2.75) is 0 Å².